The minimum Gasteiger partial charge on any atom is -0.438 e. The lowest BCUT2D eigenvalue weighted by molar-refractivity contribution is 0.0293. The molecule has 4 rings (SSSR count). The van der Waals surface area contributed by atoms with Crippen LogP contribution < -0.4 is 0 Å². The SMILES string of the molecule is COC(=O)OC1CC2C=CC1C2=C(c1ccccc1)c1ccccc1. The highest BCUT2D eigenvalue weighted by Crippen LogP contribution is 2.50. The zero-order chi connectivity index (χ0) is 17.2. The molecule has 25 heavy (non-hydrogen) atoms. The van der Waals surface area contributed by atoms with Crippen LogP contribution in [0.5, 0.6) is 0 Å². The van der Waals surface area contributed by atoms with Gasteiger partial charge in [0.2, 0.25) is 0 Å². The van der Waals surface area contributed by atoms with Crippen molar-refractivity contribution in [2.75, 3.05) is 7.11 Å². The van der Waals surface area contributed by atoms with Crippen molar-refractivity contribution in [1.82, 2.24) is 0 Å². The first kappa shape index (κ1) is 15.7. The fourth-order valence-electron chi connectivity index (χ4n) is 3.99. The van der Waals surface area contributed by atoms with Crippen LogP contribution in [0.15, 0.2) is 78.4 Å². The van der Waals surface area contributed by atoms with Crippen LogP contribution >= 0.6 is 0 Å². The number of benzene rings is 2. The van der Waals surface area contributed by atoms with Crippen molar-refractivity contribution in [1.29, 1.82) is 0 Å². The van der Waals surface area contributed by atoms with Crippen LogP contribution in [-0.2, 0) is 9.47 Å². The van der Waals surface area contributed by atoms with Crippen LogP contribution in [0.4, 0.5) is 4.79 Å². The van der Waals surface area contributed by atoms with E-state index >= 15 is 0 Å². The topological polar surface area (TPSA) is 35.5 Å². The lowest BCUT2D eigenvalue weighted by Crippen LogP contribution is -2.22. The highest BCUT2D eigenvalue weighted by molar-refractivity contribution is 5.84. The van der Waals surface area contributed by atoms with Gasteiger partial charge >= 0.3 is 6.16 Å². The van der Waals surface area contributed by atoms with Gasteiger partial charge in [-0.2, -0.15) is 0 Å². The van der Waals surface area contributed by atoms with Crippen LogP contribution in [0, 0.1) is 11.8 Å². The summed E-state index contributed by atoms with van der Waals surface area (Å²) < 4.78 is 10.2. The molecule has 3 atom stereocenters. The summed E-state index contributed by atoms with van der Waals surface area (Å²) in [5.41, 5.74) is 4.98. The summed E-state index contributed by atoms with van der Waals surface area (Å²) in [6, 6.07) is 20.9. The van der Waals surface area contributed by atoms with Gasteiger partial charge < -0.3 is 9.47 Å². The van der Waals surface area contributed by atoms with Crippen LogP contribution in [0.25, 0.3) is 5.57 Å². The Kier molecular flexibility index (Phi) is 4.14. The molecule has 2 aliphatic rings. The Balaban J connectivity index is 1.81. The molecule has 2 bridgehead atoms. The van der Waals surface area contributed by atoms with E-state index in [1.165, 1.54) is 29.4 Å². The number of ether oxygens (including phenoxy) is 2. The molecular weight excluding hydrogens is 312 g/mol. The van der Waals surface area contributed by atoms with Crippen LogP contribution in [0.2, 0.25) is 0 Å². The van der Waals surface area contributed by atoms with E-state index in [0.29, 0.717) is 5.92 Å². The summed E-state index contributed by atoms with van der Waals surface area (Å²) in [5.74, 6) is 0.412. The lowest BCUT2D eigenvalue weighted by atomic mass is 9.88. The van der Waals surface area contributed by atoms with Crippen LogP contribution in [0.3, 0.4) is 0 Å². The summed E-state index contributed by atoms with van der Waals surface area (Å²) in [6.45, 7) is 0. The van der Waals surface area contributed by atoms with E-state index in [1.54, 1.807) is 0 Å². The van der Waals surface area contributed by atoms with E-state index in [2.05, 4.69) is 65.4 Å². The van der Waals surface area contributed by atoms with E-state index in [4.69, 9.17) is 4.74 Å². The number of rotatable bonds is 3. The summed E-state index contributed by atoms with van der Waals surface area (Å²) in [5, 5.41) is 0. The Labute approximate surface area is 147 Å². The van der Waals surface area contributed by atoms with Gasteiger partial charge in [-0.1, -0.05) is 72.8 Å². The van der Waals surface area contributed by atoms with E-state index in [0.717, 1.165) is 6.42 Å². The van der Waals surface area contributed by atoms with Gasteiger partial charge in [-0.15, -0.1) is 0 Å². The minimum atomic E-state index is -0.605. The third kappa shape index (κ3) is 2.86. The normalized spacial score (nSPS) is 23.6. The van der Waals surface area contributed by atoms with E-state index in [9.17, 15) is 4.79 Å². The largest absolute Gasteiger partial charge is 0.508 e. The Morgan fingerprint density at radius 2 is 1.52 bits per heavy atom. The van der Waals surface area contributed by atoms with Crippen molar-refractivity contribution in [3.05, 3.63) is 89.5 Å². The predicted molar refractivity (Wildman–Crippen MR) is 96.9 cm³/mol. The number of hydrogen-bond acceptors (Lipinski definition) is 3. The van der Waals surface area contributed by atoms with Crippen molar-refractivity contribution in [3.8, 4) is 0 Å². The van der Waals surface area contributed by atoms with E-state index in [1.807, 2.05) is 12.1 Å². The molecule has 2 aromatic rings. The number of carbonyl (C=O) groups excluding carboxylic acids is 1. The maximum Gasteiger partial charge on any atom is 0.508 e. The van der Waals surface area contributed by atoms with E-state index in [-0.39, 0.29) is 12.0 Å². The molecule has 0 spiro atoms. The average Bonchev–Trinajstić information content (AvgIpc) is 3.21. The van der Waals surface area contributed by atoms with Gasteiger partial charge in [-0.25, -0.2) is 4.79 Å². The molecule has 3 nitrogen and oxygen atoms in total. The van der Waals surface area contributed by atoms with Gasteiger partial charge in [-0.3, -0.25) is 0 Å². The maximum atomic E-state index is 11.6. The Hall–Kier alpha value is -2.81. The first-order valence-corrected chi connectivity index (χ1v) is 8.55. The molecule has 0 radical (unpaired) electrons. The molecule has 2 aliphatic carbocycles. The molecule has 2 aromatic carbocycles. The fourth-order valence-corrected chi connectivity index (χ4v) is 3.99. The minimum absolute atomic E-state index is 0.111. The quantitative estimate of drug-likeness (QED) is 0.595. The van der Waals surface area contributed by atoms with Crippen molar-refractivity contribution in [3.63, 3.8) is 0 Å². The highest BCUT2D eigenvalue weighted by atomic mass is 16.7. The van der Waals surface area contributed by atoms with Gasteiger partial charge in [0.1, 0.15) is 6.10 Å². The standard InChI is InChI=1S/C22H20O3/c1-24-22(23)25-19-14-17-12-13-18(19)21(17)20(15-8-4-2-5-9-15)16-10-6-3-7-11-16/h2-13,17-19H,14H2,1H3. The molecule has 3 unspecified atom stereocenters. The predicted octanol–water partition coefficient (Wildman–Crippen LogP) is 4.85. The van der Waals surface area contributed by atoms with Gasteiger partial charge in [0, 0.05) is 11.8 Å². The fraction of sp³-hybridized carbons (Fsp3) is 0.227. The smallest absolute Gasteiger partial charge is 0.438 e. The maximum absolute atomic E-state index is 11.6. The third-order valence-corrected chi connectivity index (χ3v) is 5.02. The lowest BCUT2D eigenvalue weighted by Gasteiger charge is -2.19. The second-order valence-corrected chi connectivity index (χ2v) is 6.43. The molecule has 0 amide bonds. The summed E-state index contributed by atoms with van der Waals surface area (Å²) in [4.78, 5) is 11.6. The van der Waals surface area contributed by atoms with Crippen LogP contribution in [-0.4, -0.2) is 19.4 Å². The average molecular weight is 332 g/mol. The molecule has 0 aliphatic heterocycles. The Morgan fingerprint density at radius 3 is 2.08 bits per heavy atom. The van der Waals surface area contributed by atoms with Gasteiger partial charge in [-0.05, 0) is 28.7 Å². The van der Waals surface area contributed by atoms with Gasteiger partial charge in [0.25, 0.3) is 0 Å². The summed E-state index contributed by atoms with van der Waals surface area (Å²) >= 11 is 0. The number of fused-ring (bicyclic) bond motifs is 2. The Morgan fingerprint density at radius 1 is 0.920 bits per heavy atom. The van der Waals surface area contributed by atoms with Crippen molar-refractivity contribution >= 4 is 11.7 Å². The monoisotopic (exact) mass is 332 g/mol. The summed E-state index contributed by atoms with van der Waals surface area (Å²) in [7, 11) is 1.35. The first-order valence-electron chi connectivity index (χ1n) is 8.55. The molecule has 0 aromatic heterocycles. The highest BCUT2D eigenvalue weighted by Gasteiger charge is 2.44. The molecule has 1 saturated carbocycles. The van der Waals surface area contributed by atoms with Crippen molar-refractivity contribution < 1.29 is 14.3 Å². The van der Waals surface area contributed by atoms with E-state index < -0.39 is 6.16 Å². The second kappa shape index (κ2) is 6.60. The van der Waals surface area contributed by atoms with Crippen molar-refractivity contribution in [2.45, 2.75) is 12.5 Å². The van der Waals surface area contributed by atoms with Gasteiger partial charge in [0.05, 0.1) is 7.11 Å². The molecule has 3 heteroatoms. The number of hydrogen-bond donors (Lipinski definition) is 0. The molecule has 126 valence electrons. The molecule has 0 heterocycles. The van der Waals surface area contributed by atoms with Crippen LogP contribution in [0.1, 0.15) is 17.5 Å². The number of carbonyl (C=O) groups is 1. The first-order chi connectivity index (χ1) is 12.3. The van der Waals surface area contributed by atoms with Crippen molar-refractivity contribution in [2.24, 2.45) is 11.8 Å². The zero-order valence-electron chi connectivity index (χ0n) is 14.1. The molecular formula is C22H20O3. The zero-order valence-corrected chi connectivity index (χ0v) is 14.1. The number of methoxy groups -OCH3 is 1. The molecule has 1 fully saturated rings. The Bertz CT molecular complexity index is 779. The number of allylic oxidation sites excluding steroid dienone is 1. The summed E-state index contributed by atoms with van der Waals surface area (Å²) in [6.07, 6.45) is 4.46. The molecule has 0 saturated heterocycles. The molecule has 0 N–H and O–H groups in total. The third-order valence-electron chi connectivity index (χ3n) is 5.02. The van der Waals surface area contributed by atoms with Gasteiger partial charge in [0.15, 0.2) is 0 Å². The second-order valence-electron chi connectivity index (χ2n) is 6.43.